The topological polar surface area (TPSA) is 92.4 Å². The molecular formula is C13H25N7O. The Balaban J connectivity index is 2.21. The maximum atomic E-state index is 5.57. The maximum absolute atomic E-state index is 5.57. The van der Waals surface area contributed by atoms with E-state index >= 15 is 0 Å². The predicted molar refractivity (Wildman–Crippen MR) is 82.3 cm³/mol. The van der Waals surface area contributed by atoms with Gasteiger partial charge in [-0.1, -0.05) is 6.92 Å². The highest BCUT2D eigenvalue weighted by Crippen LogP contribution is 2.19. The van der Waals surface area contributed by atoms with Gasteiger partial charge in [0.25, 0.3) is 0 Å². The molecule has 1 aliphatic rings. The summed E-state index contributed by atoms with van der Waals surface area (Å²) >= 11 is 0. The molecule has 8 heteroatoms. The van der Waals surface area contributed by atoms with Gasteiger partial charge in [0.2, 0.25) is 11.9 Å². The minimum absolute atomic E-state index is 0.00162. The van der Waals surface area contributed by atoms with Gasteiger partial charge in [0.05, 0.1) is 6.10 Å². The Morgan fingerprint density at radius 1 is 1.33 bits per heavy atom. The first-order chi connectivity index (χ1) is 10.0. The van der Waals surface area contributed by atoms with Crippen LogP contribution in [0.5, 0.6) is 6.01 Å². The molecule has 0 radical (unpaired) electrons. The van der Waals surface area contributed by atoms with Gasteiger partial charge in [0.1, 0.15) is 0 Å². The van der Waals surface area contributed by atoms with E-state index in [1.807, 2.05) is 13.8 Å². The third-order valence-electron chi connectivity index (χ3n) is 3.60. The number of nitrogen functional groups attached to an aromatic ring is 1. The highest BCUT2D eigenvalue weighted by molar-refractivity contribution is 5.38. The Hall–Kier alpha value is -1.67. The van der Waals surface area contributed by atoms with E-state index in [-0.39, 0.29) is 6.10 Å². The molecule has 1 atom stereocenters. The van der Waals surface area contributed by atoms with Crippen LogP contribution < -0.4 is 20.9 Å². The van der Waals surface area contributed by atoms with Gasteiger partial charge in [0.15, 0.2) is 0 Å². The number of piperazine rings is 1. The quantitative estimate of drug-likeness (QED) is 0.598. The summed E-state index contributed by atoms with van der Waals surface area (Å²) in [6.45, 7) is 8.81. The van der Waals surface area contributed by atoms with Crippen LogP contribution in [0.15, 0.2) is 0 Å². The van der Waals surface area contributed by atoms with Crippen LogP contribution in [-0.2, 0) is 0 Å². The number of hydrazine groups is 1. The van der Waals surface area contributed by atoms with Crippen molar-refractivity contribution in [2.24, 2.45) is 5.84 Å². The van der Waals surface area contributed by atoms with Crippen molar-refractivity contribution in [3.63, 3.8) is 0 Å². The molecule has 1 saturated heterocycles. The second kappa shape index (κ2) is 6.86. The Kier molecular flexibility index (Phi) is 5.13. The Bertz CT molecular complexity index is 468. The van der Waals surface area contributed by atoms with Gasteiger partial charge < -0.3 is 9.64 Å². The fourth-order valence-electron chi connectivity index (χ4n) is 2.38. The summed E-state index contributed by atoms with van der Waals surface area (Å²) in [7, 11) is 2.15. The lowest BCUT2D eigenvalue weighted by molar-refractivity contribution is 0.209. The van der Waals surface area contributed by atoms with Crippen LogP contribution in [0.4, 0.5) is 11.9 Å². The van der Waals surface area contributed by atoms with E-state index in [9.17, 15) is 0 Å². The van der Waals surface area contributed by atoms with Crippen LogP contribution in [0, 0.1) is 0 Å². The molecule has 0 aliphatic carbocycles. The van der Waals surface area contributed by atoms with E-state index < -0.39 is 0 Å². The Labute approximate surface area is 125 Å². The van der Waals surface area contributed by atoms with Crippen molar-refractivity contribution in [3.8, 4) is 6.01 Å². The predicted octanol–water partition coefficient (Wildman–Crippen LogP) is 0.475. The van der Waals surface area contributed by atoms with Crippen LogP contribution >= 0.6 is 0 Å². The Morgan fingerprint density at radius 3 is 2.71 bits per heavy atom. The van der Waals surface area contributed by atoms with Gasteiger partial charge in [-0.05, 0) is 27.3 Å². The first-order valence-corrected chi connectivity index (χ1v) is 7.38. The number of likely N-dealkylation sites (N-methyl/N-ethyl adjacent to an activating group) is 1. The number of nitrogens with zero attached hydrogens (tertiary/aromatic N) is 5. The van der Waals surface area contributed by atoms with E-state index in [2.05, 4.69) is 44.1 Å². The Morgan fingerprint density at radius 2 is 2.10 bits per heavy atom. The van der Waals surface area contributed by atoms with Crippen LogP contribution in [0.2, 0.25) is 0 Å². The van der Waals surface area contributed by atoms with Crippen LogP contribution in [0.25, 0.3) is 0 Å². The SMILES string of the molecule is CCC1CN(c2nc(NN)nc(OC(C)C)n2)CCN1C. The second-order valence-electron chi connectivity index (χ2n) is 5.54. The highest BCUT2D eigenvalue weighted by atomic mass is 16.5. The summed E-state index contributed by atoms with van der Waals surface area (Å²) in [4.78, 5) is 17.4. The molecule has 8 nitrogen and oxygen atoms in total. The summed E-state index contributed by atoms with van der Waals surface area (Å²) in [5.41, 5.74) is 2.47. The van der Waals surface area contributed by atoms with E-state index in [0.29, 0.717) is 23.9 Å². The van der Waals surface area contributed by atoms with Gasteiger partial charge in [-0.2, -0.15) is 15.0 Å². The van der Waals surface area contributed by atoms with Gasteiger partial charge in [-0.25, -0.2) is 5.84 Å². The molecule has 0 amide bonds. The largest absolute Gasteiger partial charge is 0.461 e. The van der Waals surface area contributed by atoms with Gasteiger partial charge in [-0.3, -0.25) is 10.3 Å². The maximum Gasteiger partial charge on any atom is 0.323 e. The number of nitrogens with one attached hydrogen (secondary N) is 1. The number of nitrogens with two attached hydrogens (primary N) is 1. The van der Waals surface area contributed by atoms with E-state index in [1.165, 1.54) is 0 Å². The fraction of sp³-hybridized carbons (Fsp3) is 0.769. The van der Waals surface area contributed by atoms with Crippen LogP contribution in [-0.4, -0.2) is 58.7 Å². The molecule has 1 aliphatic heterocycles. The highest BCUT2D eigenvalue weighted by Gasteiger charge is 2.25. The van der Waals surface area contributed by atoms with Crippen molar-refractivity contribution < 1.29 is 4.74 Å². The van der Waals surface area contributed by atoms with E-state index in [4.69, 9.17) is 10.6 Å². The lowest BCUT2D eigenvalue weighted by Gasteiger charge is -2.39. The standard InChI is InChI=1S/C13H25N7O/c1-5-10-8-20(7-6-19(10)4)12-15-11(18-14)16-13(17-12)21-9(2)3/h9-10H,5-8,14H2,1-4H3,(H,15,16,17,18). The smallest absolute Gasteiger partial charge is 0.323 e. The number of anilines is 2. The zero-order valence-corrected chi connectivity index (χ0v) is 13.2. The van der Waals surface area contributed by atoms with Crippen LogP contribution in [0.1, 0.15) is 27.2 Å². The first kappa shape index (κ1) is 15.7. The molecule has 1 aromatic rings. The third kappa shape index (κ3) is 3.92. The first-order valence-electron chi connectivity index (χ1n) is 7.38. The number of hydrogen-bond donors (Lipinski definition) is 2. The summed E-state index contributed by atoms with van der Waals surface area (Å²) < 4.78 is 5.57. The van der Waals surface area contributed by atoms with Gasteiger partial charge >= 0.3 is 6.01 Å². The molecule has 0 bridgehead atoms. The molecule has 0 spiro atoms. The van der Waals surface area contributed by atoms with Crippen molar-refractivity contribution in [2.75, 3.05) is 37.0 Å². The molecule has 3 N–H and O–H groups in total. The zero-order valence-electron chi connectivity index (χ0n) is 13.2. The van der Waals surface area contributed by atoms with Crippen molar-refractivity contribution >= 4 is 11.9 Å². The minimum atomic E-state index is 0.00162. The number of hydrogen-bond acceptors (Lipinski definition) is 8. The summed E-state index contributed by atoms with van der Waals surface area (Å²) in [6, 6.07) is 0.800. The minimum Gasteiger partial charge on any atom is -0.461 e. The van der Waals surface area contributed by atoms with Gasteiger partial charge in [-0.15, -0.1) is 0 Å². The zero-order chi connectivity index (χ0) is 15.4. The number of aromatic nitrogens is 3. The van der Waals surface area contributed by atoms with Crippen molar-refractivity contribution in [1.29, 1.82) is 0 Å². The summed E-state index contributed by atoms with van der Waals surface area (Å²) in [5.74, 6) is 6.37. The molecule has 2 rings (SSSR count). The third-order valence-corrected chi connectivity index (χ3v) is 3.60. The normalized spacial score (nSPS) is 19.9. The monoisotopic (exact) mass is 295 g/mol. The molecule has 21 heavy (non-hydrogen) atoms. The summed E-state index contributed by atoms with van der Waals surface area (Å²) in [5, 5.41) is 0. The van der Waals surface area contributed by atoms with E-state index in [0.717, 1.165) is 26.1 Å². The van der Waals surface area contributed by atoms with Crippen molar-refractivity contribution in [2.45, 2.75) is 39.3 Å². The molecule has 0 aromatic carbocycles. The van der Waals surface area contributed by atoms with E-state index in [1.54, 1.807) is 0 Å². The molecule has 0 saturated carbocycles. The number of rotatable bonds is 5. The average molecular weight is 295 g/mol. The van der Waals surface area contributed by atoms with Crippen molar-refractivity contribution in [1.82, 2.24) is 19.9 Å². The molecule has 1 fully saturated rings. The van der Waals surface area contributed by atoms with Gasteiger partial charge in [0, 0.05) is 25.7 Å². The molecule has 118 valence electrons. The molecule has 1 aromatic heterocycles. The molecule has 2 heterocycles. The van der Waals surface area contributed by atoms with Crippen molar-refractivity contribution in [3.05, 3.63) is 0 Å². The molecule has 1 unspecified atom stereocenters. The fourth-order valence-corrected chi connectivity index (χ4v) is 2.38. The lowest BCUT2D eigenvalue weighted by atomic mass is 10.1. The second-order valence-corrected chi connectivity index (χ2v) is 5.54. The number of ether oxygens (including phenoxy) is 1. The lowest BCUT2D eigenvalue weighted by Crippen LogP contribution is -2.51. The summed E-state index contributed by atoms with van der Waals surface area (Å²) in [6.07, 6.45) is 1.09. The average Bonchev–Trinajstić information content (AvgIpc) is 2.46. The van der Waals surface area contributed by atoms with Crippen LogP contribution in [0.3, 0.4) is 0 Å². The molecular weight excluding hydrogens is 270 g/mol.